The van der Waals surface area contributed by atoms with E-state index in [0.717, 1.165) is 23.9 Å². The highest BCUT2D eigenvalue weighted by atomic mass is 19.4. The number of rotatable bonds is 5. The Bertz CT molecular complexity index is 830. The summed E-state index contributed by atoms with van der Waals surface area (Å²) in [5.74, 6) is -1.93. The Kier molecular flexibility index (Phi) is 6.13. The first-order chi connectivity index (χ1) is 14.6. The number of benzene rings is 1. The van der Waals surface area contributed by atoms with Gasteiger partial charge in [0.05, 0.1) is 12.1 Å². The third kappa shape index (κ3) is 4.95. The zero-order valence-corrected chi connectivity index (χ0v) is 16.9. The normalized spacial score (nSPS) is 28.5. The Morgan fingerprint density at radius 2 is 1.84 bits per heavy atom. The lowest BCUT2D eigenvalue weighted by Crippen LogP contribution is -2.61. The SMILES string of the molecule is O=C(O)c1cc(C2CC2)c(O[C@@H]2CCCN(N3C[C@H](F)CC[C@@H]3C(F)(F)F)C2)cc1F. The van der Waals surface area contributed by atoms with E-state index in [1.54, 1.807) is 0 Å². The van der Waals surface area contributed by atoms with Gasteiger partial charge in [-0.1, -0.05) is 0 Å². The molecule has 0 radical (unpaired) electrons. The summed E-state index contributed by atoms with van der Waals surface area (Å²) in [7, 11) is 0. The van der Waals surface area contributed by atoms with Gasteiger partial charge in [0, 0.05) is 19.2 Å². The number of hydrogen-bond acceptors (Lipinski definition) is 4. The number of piperidine rings is 2. The average Bonchev–Trinajstić information content (AvgIpc) is 3.52. The number of hydrogen-bond donors (Lipinski definition) is 1. The van der Waals surface area contributed by atoms with Crippen LogP contribution >= 0.6 is 0 Å². The third-order valence-electron chi connectivity index (χ3n) is 6.24. The molecule has 2 saturated heterocycles. The highest BCUT2D eigenvalue weighted by Gasteiger charge is 2.49. The van der Waals surface area contributed by atoms with Crippen LogP contribution in [-0.2, 0) is 0 Å². The fraction of sp³-hybridized carbons (Fsp3) is 0.667. The molecule has 10 heteroatoms. The molecule has 1 N–H and O–H groups in total. The molecule has 31 heavy (non-hydrogen) atoms. The summed E-state index contributed by atoms with van der Waals surface area (Å²) in [6.45, 7) is 0.179. The molecule has 0 spiro atoms. The molecule has 0 bridgehead atoms. The van der Waals surface area contributed by atoms with Crippen LogP contribution in [0.25, 0.3) is 0 Å². The number of halogens is 5. The number of nitrogens with zero attached hydrogens (tertiary/aromatic N) is 2. The highest BCUT2D eigenvalue weighted by Crippen LogP contribution is 2.45. The molecule has 1 aromatic rings. The summed E-state index contributed by atoms with van der Waals surface area (Å²) in [5, 5.41) is 11.8. The first-order valence-electron chi connectivity index (χ1n) is 10.6. The molecule has 0 aromatic heterocycles. The van der Waals surface area contributed by atoms with Gasteiger partial charge < -0.3 is 9.84 Å². The Morgan fingerprint density at radius 1 is 1.10 bits per heavy atom. The molecular formula is C21H25F5N2O3. The van der Waals surface area contributed by atoms with Crippen molar-refractivity contribution in [3.63, 3.8) is 0 Å². The van der Waals surface area contributed by atoms with Gasteiger partial charge in [-0.15, -0.1) is 0 Å². The van der Waals surface area contributed by atoms with Gasteiger partial charge in [0.2, 0.25) is 0 Å². The van der Waals surface area contributed by atoms with Gasteiger partial charge in [-0.25, -0.2) is 23.6 Å². The molecule has 2 aliphatic heterocycles. The molecule has 3 fully saturated rings. The largest absolute Gasteiger partial charge is 0.489 e. The van der Waals surface area contributed by atoms with E-state index in [1.807, 2.05) is 0 Å². The van der Waals surface area contributed by atoms with Crippen LogP contribution < -0.4 is 4.74 Å². The second-order valence-corrected chi connectivity index (χ2v) is 8.60. The minimum absolute atomic E-state index is 0.0948. The Balaban J connectivity index is 1.52. The van der Waals surface area contributed by atoms with Crippen LogP contribution in [0.2, 0.25) is 0 Å². The number of carboxylic acid groups (broad SMARTS) is 1. The van der Waals surface area contributed by atoms with Gasteiger partial charge in [0.1, 0.15) is 29.9 Å². The van der Waals surface area contributed by atoms with Crippen LogP contribution in [0.1, 0.15) is 60.4 Å². The van der Waals surface area contributed by atoms with Gasteiger partial charge >= 0.3 is 12.1 Å². The van der Waals surface area contributed by atoms with Gasteiger partial charge in [-0.3, -0.25) is 0 Å². The van der Waals surface area contributed by atoms with Gasteiger partial charge in [0.15, 0.2) is 0 Å². The first kappa shape index (κ1) is 22.3. The predicted octanol–water partition coefficient (Wildman–Crippen LogP) is 4.52. The fourth-order valence-electron chi connectivity index (χ4n) is 4.53. The maximum Gasteiger partial charge on any atom is 0.405 e. The summed E-state index contributed by atoms with van der Waals surface area (Å²) in [4.78, 5) is 11.3. The summed E-state index contributed by atoms with van der Waals surface area (Å²) >= 11 is 0. The van der Waals surface area contributed by atoms with Crippen molar-refractivity contribution in [3.8, 4) is 5.75 Å². The first-order valence-corrected chi connectivity index (χ1v) is 10.6. The van der Waals surface area contributed by atoms with Crippen molar-refractivity contribution >= 4 is 5.97 Å². The van der Waals surface area contributed by atoms with Gasteiger partial charge in [-0.2, -0.15) is 13.2 Å². The summed E-state index contributed by atoms with van der Waals surface area (Å²) in [6, 6.07) is 0.628. The van der Waals surface area contributed by atoms with Crippen molar-refractivity contribution in [2.45, 2.75) is 68.9 Å². The smallest absolute Gasteiger partial charge is 0.405 e. The zero-order valence-electron chi connectivity index (χ0n) is 16.9. The van der Waals surface area contributed by atoms with Crippen LogP contribution in [0.3, 0.4) is 0 Å². The monoisotopic (exact) mass is 448 g/mol. The second-order valence-electron chi connectivity index (χ2n) is 8.60. The minimum Gasteiger partial charge on any atom is -0.489 e. The molecule has 1 aliphatic carbocycles. The van der Waals surface area contributed by atoms with E-state index >= 15 is 0 Å². The molecule has 2 heterocycles. The molecule has 0 unspecified atom stereocenters. The van der Waals surface area contributed by atoms with Crippen molar-refractivity contribution in [1.82, 2.24) is 10.0 Å². The van der Waals surface area contributed by atoms with Crippen LogP contribution in [0.5, 0.6) is 5.75 Å². The molecule has 4 rings (SSSR count). The van der Waals surface area contributed by atoms with E-state index in [0.29, 0.717) is 24.9 Å². The fourth-order valence-corrected chi connectivity index (χ4v) is 4.53. The summed E-state index contributed by atoms with van der Waals surface area (Å²) < 4.78 is 74.7. The quantitative estimate of drug-likeness (QED) is 0.672. The van der Waals surface area contributed by atoms with E-state index in [-0.39, 0.29) is 37.6 Å². The maximum absolute atomic E-state index is 14.3. The molecule has 5 nitrogen and oxygen atoms in total. The minimum atomic E-state index is -4.46. The van der Waals surface area contributed by atoms with Crippen LogP contribution in [0.4, 0.5) is 22.0 Å². The molecule has 1 saturated carbocycles. The molecule has 3 aliphatic rings. The van der Waals surface area contributed by atoms with Crippen LogP contribution in [0.15, 0.2) is 12.1 Å². The van der Waals surface area contributed by atoms with E-state index in [2.05, 4.69) is 0 Å². The van der Waals surface area contributed by atoms with Crippen molar-refractivity contribution < 1.29 is 36.6 Å². The molecular weight excluding hydrogens is 423 g/mol. The Labute approximate surface area is 176 Å². The highest BCUT2D eigenvalue weighted by molar-refractivity contribution is 5.88. The van der Waals surface area contributed by atoms with Crippen molar-refractivity contribution in [2.24, 2.45) is 0 Å². The maximum atomic E-state index is 14.3. The van der Waals surface area contributed by atoms with E-state index in [9.17, 15) is 31.9 Å². The third-order valence-corrected chi connectivity index (χ3v) is 6.24. The standard InChI is InChI=1S/C21H25F5N2O3/c22-13-5-6-19(21(24,25)26)28(10-13)27-7-1-2-14(11-27)31-18-9-17(23)16(20(29)30)8-15(18)12-3-4-12/h8-9,12-14,19H,1-7,10-11H2,(H,29,30)/t13-,14-,19-/m1/s1. The lowest BCUT2D eigenvalue weighted by Gasteiger charge is -2.47. The number of carboxylic acids is 1. The van der Waals surface area contributed by atoms with Crippen molar-refractivity contribution in [3.05, 3.63) is 29.1 Å². The Hall–Kier alpha value is -1.94. The van der Waals surface area contributed by atoms with Crippen LogP contribution in [-0.4, -0.2) is 65.2 Å². The molecule has 1 aromatic carbocycles. The summed E-state index contributed by atoms with van der Waals surface area (Å²) in [6.07, 6.45) is -3.89. The lowest BCUT2D eigenvalue weighted by molar-refractivity contribution is -0.243. The zero-order chi connectivity index (χ0) is 22.3. The van der Waals surface area contributed by atoms with Gasteiger partial charge in [0.25, 0.3) is 0 Å². The topological polar surface area (TPSA) is 53.0 Å². The molecule has 0 amide bonds. The number of ether oxygens (including phenoxy) is 1. The summed E-state index contributed by atoms with van der Waals surface area (Å²) in [5.41, 5.74) is 0.195. The van der Waals surface area contributed by atoms with Crippen molar-refractivity contribution in [1.29, 1.82) is 0 Å². The van der Waals surface area contributed by atoms with E-state index in [1.165, 1.54) is 11.1 Å². The van der Waals surface area contributed by atoms with E-state index < -0.39 is 41.8 Å². The van der Waals surface area contributed by atoms with Crippen LogP contribution in [0, 0.1) is 5.82 Å². The lowest BCUT2D eigenvalue weighted by atomic mass is 10.0. The molecule has 172 valence electrons. The molecule has 3 atom stereocenters. The predicted molar refractivity (Wildman–Crippen MR) is 101 cm³/mol. The van der Waals surface area contributed by atoms with E-state index in [4.69, 9.17) is 4.74 Å². The average molecular weight is 448 g/mol. The number of carbonyl (C=O) groups is 1. The number of aromatic carboxylic acids is 1. The number of hydrazine groups is 1. The van der Waals surface area contributed by atoms with Crippen molar-refractivity contribution in [2.75, 3.05) is 19.6 Å². The van der Waals surface area contributed by atoms with Gasteiger partial charge in [-0.05, 0) is 56.1 Å². The second kappa shape index (κ2) is 8.54. The number of alkyl halides is 4. The Morgan fingerprint density at radius 3 is 2.48 bits per heavy atom.